The molecule has 1 aliphatic rings. The molecule has 2 aromatic rings. The van der Waals surface area contributed by atoms with E-state index in [2.05, 4.69) is 19.2 Å². The molecule has 3 rings (SSSR count). The van der Waals surface area contributed by atoms with E-state index in [1.165, 1.54) is 4.31 Å². The number of carbonyl (C=O) groups is 1. The molecule has 0 saturated carbocycles. The summed E-state index contributed by atoms with van der Waals surface area (Å²) < 4.78 is 32.3. The van der Waals surface area contributed by atoms with E-state index >= 15 is 0 Å². The SMILES string of the molecule is COc1ccc(C(CC(C)C)NC(=O)C2CCN(S(=O)(=O)Cc3ccccc3)CC2)cc1. The van der Waals surface area contributed by atoms with Gasteiger partial charge in [-0.15, -0.1) is 0 Å². The Balaban J connectivity index is 1.59. The molecule has 7 heteroatoms. The summed E-state index contributed by atoms with van der Waals surface area (Å²) in [4.78, 5) is 13.0. The molecule has 1 aliphatic heterocycles. The first-order valence-corrected chi connectivity index (χ1v) is 12.9. The van der Waals surface area contributed by atoms with Crippen LogP contribution in [0.4, 0.5) is 0 Å². The Morgan fingerprint density at radius 2 is 1.69 bits per heavy atom. The molecular weight excluding hydrogens is 424 g/mol. The number of nitrogens with zero attached hydrogens (tertiary/aromatic N) is 1. The number of nitrogens with one attached hydrogen (secondary N) is 1. The third kappa shape index (κ3) is 6.56. The molecule has 1 amide bonds. The van der Waals surface area contributed by atoms with E-state index in [-0.39, 0.29) is 23.6 Å². The van der Waals surface area contributed by atoms with Crippen molar-refractivity contribution in [3.8, 4) is 5.75 Å². The molecule has 1 unspecified atom stereocenters. The van der Waals surface area contributed by atoms with Crippen molar-refractivity contribution >= 4 is 15.9 Å². The van der Waals surface area contributed by atoms with Crippen LogP contribution in [-0.4, -0.2) is 38.8 Å². The Kier molecular flexibility index (Phi) is 8.32. The number of piperidine rings is 1. The lowest BCUT2D eigenvalue weighted by Gasteiger charge is -2.32. The molecule has 1 fully saturated rings. The summed E-state index contributed by atoms with van der Waals surface area (Å²) in [5.74, 6) is 1.04. The highest BCUT2D eigenvalue weighted by Gasteiger charge is 2.32. The van der Waals surface area contributed by atoms with E-state index in [0.717, 1.165) is 23.3 Å². The minimum absolute atomic E-state index is 0.00135. The first-order valence-electron chi connectivity index (χ1n) is 11.2. The number of rotatable bonds is 9. The number of ether oxygens (including phenoxy) is 1. The molecular formula is C25H34N2O4S. The van der Waals surface area contributed by atoms with Crippen LogP contribution in [0.1, 0.15) is 50.3 Å². The van der Waals surface area contributed by atoms with Gasteiger partial charge in [-0.2, -0.15) is 0 Å². The summed E-state index contributed by atoms with van der Waals surface area (Å²) >= 11 is 0. The van der Waals surface area contributed by atoms with Crippen LogP contribution in [0.25, 0.3) is 0 Å². The lowest BCUT2D eigenvalue weighted by Crippen LogP contribution is -2.44. The van der Waals surface area contributed by atoms with Crippen molar-refractivity contribution in [2.75, 3.05) is 20.2 Å². The maximum absolute atomic E-state index is 13.0. The van der Waals surface area contributed by atoms with E-state index in [1.807, 2.05) is 54.6 Å². The number of amides is 1. The summed E-state index contributed by atoms with van der Waals surface area (Å²) in [7, 11) is -1.75. The van der Waals surface area contributed by atoms with Gasteiger partial charge in [0.1, 0.15) is 5.75 Å². The predicted molar refractivity (Wildman–Crippen MR) is 127 cm³/mol. The lowest BCUT2D eigenvalue weighted by molar-refractivity contribution is -0.127. The zero-order valence-corrected chi connectivity index (χ0v) is 20.0. The third-order valence-electron chi connectivity index (χ3n) is 5.95. The molecule has 1 N–H and O–H groups in total. The first-order chi connectivity index (χ1) is 15.3. The highest BCUT2D eigenvalue weighted by atomic mass is 32.2. The number of sulfonamides is 1. The van der Waals surface area contributed by atoms with Crippen LogP contribution < -0.4 is 10.1 Å². The number of benzene rings is 2. The van der Waals surface area contributed by atoms with Gasteiger partial charge in [-0.05, 0) is 48.4 Å². The van der Waals surface area contributed by atoms with Crippen molar-refractivity contribution in [1.82, 2.24) is 9.62 Å². The number of carbonyl (C=O) groups excluding carboxylic acids is 1. The highest BCUT2D eigenvalue weighted by Crippen LogP contribution is 2.26. The molecule has 174 valence electrons. The second-order valence-corrected chi connectivity index (χ2v) is 10.8. The van der Waals surface area contributed by atoms with Crippen molar-refractivity contribution in [3.05, 3.63) is 65.7 Å². The Labute approximate surface area is 192 Å². The second kappa shape index (κ2) is 11.0. The maximum atomic E-state index is 13.0. The summed E-state index contributed by atoms with van der Waals surface area (Å²) in [6, 6.07) is 16.9. The molecule has 0 bridgehead atoms. The minimum atomic E-state index is -3.38. The van der Waals surface area contributed by atoms with Crippen molar-refractivity contribution in [2.24, 2.45) is 11.8 Å². The Hall–Kier alpha value is -2.38. The van der Waals surface area contributed by atoms with Crippen molar-refractivity contribution in [1.29, 1.82) is 0 Å². The number of hydrogen-bond donors (Lipinski definition) is 1. The standard InChI is InChI=1S/C25H34N2O4S/c1-19(2)17-24(21-9-11-23(31-3)12-10-21)26-25(28)22-13-15-27(16-14-22)32(29,30)18-20-7-5-4-6-8-20/h4-12,19,22,24H,13-18H2,1-3H3,(H,26,28). The van der Waals surface area contributed by atoms with Gasteiger partial charge >= 0.3 is 0 Å². The Morgan fingerprint density at radius 1 is 1.06 bits per heavy atom. The Bertz CT molecular complexity index is 967. The van der Waals surface area contributed by atoms with E-state index in [1.54, 1.807) is 7.11 Å². The van der Waals surface area contributed by atoms with Gasteiger partial charge in [-0.25, -0.2) is 12.7 Å². The van der Waals surface area contributed by atoms with Crippen molar-refractivity contribution in [3.63, 3.8) is 0 Å². The highest BCUT2D eigenvalue weighted by molar-refractivity contribution is 7.88. The smallest absolute Gasteiger partial charge is 0.223 e. The summed E-state index contributed by atoms with van der Waals surface area (Å²) in [5, 5.41) is 3.22. The van der Waals surface area contributed by atoms with Crippen LogP contribution >= 0.6 is 0 Å². The first kappa shape index (κ1) is 24.3. The summed E-state index contributed by atoms with van der Waals surface area (Å²) in [5.41, 5.74) is 1.83. The van der Waals surface area contributed by atoms with Crippen LogP contribution in [0.3, 0.4) is 0 Å². The summed E-state index contributed by atoms with van der Waals surface area (Å²) in [6.07, 6.45) is 1.91. The van der Waals surface area contributed by atoms with Crippen molar-refractivity contribution < 1.29 is 17.9 Å². The van der Waals surface area contributed by atoms with E-state index in [9.17, 15) is 13.2 Å². The molecule has 6 nitrogen and oxygen atoms in total. The van der Waals surface area contributed by atoms with Gasteiger partial charge in [-0.3, -0.25) is 4.79 Å². The van der Waals surface area contributed by atoms with Crippen LogP contribution in [0.2, 0.25) is 0 Å². The van der Waals surface area contributed by atoms with Gasteiger partial charge in [0.15, 0.2) is 0 Å². The van der Waals surface area contributed by atoms with Crippen LogP contribution in [0.15, 0.2) is 54.6 Å². The van der Waals surface area contributed by atoms with Crippen molar-refractivity contribution in [2.45, 2.75) is 44.9 Å². The third-order valence-corrected chi connectivity index (χ3v) is 7.80. The topological polar surface area (TPSA) is 75.7 Å². The van der Waals surface area contributed by atoms with Gasteiger partial charge in [0.05, 0.1) is 18.9 Å². The van der Waals surface area contributed by atoms with Gasteiger partial charge in [0.25, 0.3) is 0 Å². The van der Waals surface area contributed by atoms with Crippen LogP contribution in [-0.2, 0) is 20.6 Å². The van der Waals surface area contributed by atoms with E-state index < -0.39 is 10.0 Å². The average molecular weight is 459 g/mol. The quantitative estimate of drug-likeness (QED) is 0.613. The second-order valence-electron chi connectivity index (χ2n) is 8.88. The number of methoxy groups -OCH3 is 1. The lowest BCUT2D eigenvalue weighted by atomic mass is 9.93. The zero-order valence-electron chi connectivity index (χ0n) is 19.2. The molecule has 1 saturated heterocycles. The fourth-order valence-electron chi connectivity index (χ4n) is 4.15. The molecule has 0 spiro atoms. The van der Waals surface area contributed by atoms with Gasteiger partial charge in [-0.1, -0.05) is 56.3 Å². The van der Waals surface area contributed by atoms with Crippen LogP contribution in [0.5, 0.6) is 5.75 Å². The zero-order chi connectivity index (χ0) is 23.1. The molecule has 0 aromatic heterocycles. The Morgan fingerprint density at radius 3 is 2.25 bits per heavy atom. The monoisotopic (exact) mass is 458 g/mol. The normalized spacial score (nSPS) is 16.6. The van der Waals surface area contributed by atoms with E-state index in [0.29, 0.717) is 31.8 Å². The molecule has 0 aliphatic carbocycles. The predicted octanol–water partition coefficient (Wildman–Crippen LogP) is 4.14. The molecule has 32 heavy (non-hydrogen) atoms. The fourth-order valence-corrected chi connectivity index (χ4v) is 5.71. The van der Waals surface area contributed by atoms with E-state index in [4.69, 9.17) is 4.74 Å². The fraction of sp³-hybridized carbons (Fsp3) is 0.480. The molecule has 0 radical (unpaired) electrons. The molecule has 1 atom stereocenters. The molecule has 2 aromatic carbocycles. The molecule has 1 heterocycles. The van der Waals surface area contributed by atoms with Gasteiger partial charge in [0.2, 0.25) is 15.9 Å². The average Bonchev–Trinajstić information content (AvgIpc) is 2.79. The van der Waals surface area contributed by atoms with Gasteiger partial charge < -0.3 is 10.1 Å². The number of hydrogen-bond acceptors (Lipinski definition) is 4. The largest absolute Gasteiger partial charge is 0.497 e. The van der Waals surface area contributed by atoms with Gasteiger partial charge in [0, 0.05) is 19.0 Å². The maximum Gasteiger partial charge on any atom is 0.223 e. The summed E-state index contributed by atoms with van der Waals surface area (Å²) in [6.45, 7) is 5.03. The van der Waals surface area contributed by atoms with Crippen LogP contribution in [0, 0.1) is 11.8 Å². The minimum Gasteiger partial charge on any atom is -0.497 e.